The van der Waals surface area contributed by atoms with E-state index in [0.29, 0.717) is 23.1 Å². The predicted molar refractivity (Wildman–Crippen MR) is 99.6 cm³/mol. The maximum Gasteiger partial charge on any atom is 0.137 e. The summed E-state index contributed by atoms with van der Waals surface area (Å²) in [7, 11) is 0. The van der Waals surface area contributed by atoms with Crippen molar-refractivity contribution in [2.45, 2.75) is 13.3 Å². The van der Waals surface area contributed by atoms with Crippen molar-refractivity contribution < 1.29 is 0 Å². The quantitative estimate of drug-likeness (QED) is 0.542. The van der Waals surface area contributed by atoms with Crippen LogP contribution in [0.2, 0.25) is 5.02 Å². The van der Waals surface area contributed by atoms with Gasteiger partial charge in [-0.2, -0.15) is 0 Å². The molecule has 0 unspecified atom stereocenters. The van der Waals surface area contributed by atoms with Gasteiger partial charge >= 0.3 is 0 Å². The third-order valence-corrected chi connectivity index (χ3v) is 4.15. The fourth-order valence-corrected chi connectivity index (χ4v) is 2.94. The van der Waals surface area contributed by atoms with E-state index in [2.05, 4.69) is 15.0 Å². The highest BCUT2D eigenvalue weighted by Crippen LogP contribution is 2.28. The number of hydrogen-bond acceptors (Lipinski definition) is 4. The average molecular weight is 347 g/mol. The molecule has 0 N–H and O–H groups in total. The van der Waals surface area contributed by atoms with Gasteiger partial charge in [-0.3, -0.25) is 0 Å². The summed E-state index contributed by atoms with van der Waals surface area (Å²) >= 11 is 6.19. The monoisotopic (exact) mass is 346 g/mol. The number of rotatable bonds is 3. The first-order valence-electron chi connectivity index (χ1n) is 7.99. The molecule has 0 saturated carbocycles. The Kier molecular flexibility index (Phi) is 4.12. The van der Waals surface area contributed by atoms with E-state index < -0.39 is 0 Å². The first-order valence-corrected chi connectivity index (χ1v) is 8.37. The first-order chi connectivity index (χ1) is 12.2. The second-order valence-corrected chi connectivity index (χ2v) is 6.24. The summed E-state index contributed by atoms with van der Waals surface area (Å²) in [4.78, 5) is 18.2. The number of halogens is 1. The van der Waals surface area contributed by atoms with Gasteiger partial charge in [0.1, 0.15) is 11.6 Å². The molecule has 4 nitrogen and oxygen atoms in total. The summed E-state index contributed by atoms with van der Waals surface area (Å²) in [5, 5.41) is 1.61. The largest absolute Gasteiger partial charge is 0.241 e. The van der Waals surface area contributed by atoms with Gasteiger partial charge in [0.25, 0.3) is 0 Å². The Morgan fingerprint density at radius 1 is 0.880 bits per heavy atom. The highest BCUT2D eigenvalue weighted by molar-refractivity contribution is 6.31. The van der Waals surface area contributed by atoms with E-state index in [0.717, 1.165) is 27.9 Å². The Morgan fingerprint density at radius 2 is 1.72 bits per heavy atom. The zero-order valence-corrected chi connectivity index (χ0v) is 14.4. The molecule has 0 aliphatic carbocycles. The minimum Gasteiger partial charge on any atom is -0.241 e. The molecule has 2 heterocycles. The number of aromatic nitrogens is 4. The van der Waals surface area contributed by atoms with E-state index in [-0.39, 0.29) is 0 Å². The first kappa shape index (κ1) is 15.7. The molecule has 0 spiro atoms. The Bertz CT molecular complexity index is 1050. The molecule has 0 aliphatic heterocycles. The molecule has 0 radical (unpaired) electrons. The van der Waals surface area contributed by atoms with E-state index in [1.807, 2.05) is 61.5 Å². The summed E-state index contributed by atoms with van der Waals surface area (Å²) in [5.74, 6) is 1.41. The molecule has 4 aromatic rings. The van der Waals surface area contributed by atoms with Crippen molar-refractivity contribution in [1.29, 1.82) is 0 Å². The van der Waals surface area contributed by atoms with Crippen molar-refractivity contribution in [2.24, 2.45) is 0 Å². The number of benzene rings is 2. The molecule has 0 atom stereocenters. The molecule has 4 rings (SSSR count). The highest BCUT2D eigenvalue weighted by Gasteiger charge is 2.12. The van der Waals surface area contributed by atoms with Crippen LogP contribution in [0, 0.1) is 6.92 Å². The molecular formula is C20H15ClN4. The highest BCUT2D eigenvalue weighted by atomic mass is 35.5. The van der Waals surface area contributed by atoms with Crippen LogP contribution in [-0.4, -0.2) is 19.9 Å². The second kappa shape index (κ2) is 6.57. The van der Waals surface area contributed by atoms with E-state index in [1.54, 1.807) is 6.20 Å². The maximum absolute atomic E-state index is 6.19. The normalized spacial score (nSPS) is 11.0. The molecule has 0 aliphatic rings. The fourth-order valence-electron chi connectivity index (χ4n) is 2.77. The van der Waals surface area contributed by atoms with Gasteiger partial charge in [-0.25, -0.2) is 19.9 Å². The van der Waals surface area contributed by atoms with Gasteiger partial charge in [-0.15, -0.1) is 0 Å². The van der Waals surface area contributed by atoms with Crippen molar-refractivity contribution in [1.82, 2.24) is 19.9 Å². The lowest BCUT2D eigenvalue weighted by Gasteiger charge is -2.09. The molecule has 2 aromatic carbocycles. The van der Waals surface area contributed by atoms with Crippen molar-refractivity contribution in [2.75, 3.05) is 0 Å². The summed E-state index contributed by atoms with van der Waals surface area (Å²) in [6.45, 7) is 1.95. The Hall–Kier alpha value is -2.85. The standard InChI is InChI=1S/C20H15ClN4/c1-13-9-10-22-18(23-13)12-19-24-17-8-7-15(21)11-16(17)20(25-19)14-5-3-2-4-6-14/h2-11H,12H2,1H3. The zero-order chi connectivity index (χ0) is 17.2. The van der Waals surface area contributed by atoms with Crippen LogP contribution >= 0.6 is 11.6 Å². The smallest absolute Gasteiger partial charge is 0.137 e. The lowest BCUT2D eigenvalue weighted by atomic mass is 10.1. The minimum atomic E-state index is 0.486. The summed E-state index contributed by atoms with van der Waals surface area (Å²) in [6, 6.07) is 17.6. The molecule has 0 fully saturated rings. The van der Waals surface area contributed by atoms with Crippen LogP contribution in [0.3, 0.4) is 0 Å². The Morgan fingerprint density at radius 3 is 2.52 bits per heavy atom. The summed E-state index contributed by atoms with van der Waals surface area (Å²) in [6.07, 6.45) is 2.25. The summed E-state index contributed by atoms with van der Waals surface area (Å²) < 4.78 is 0. The molecule has 2 aromatic heterocycles. The van der Waals surface area contributed by atoms with Crippen molar-refractivity contribution in [3.8, 4) is 11.3 Å². The van der Waals surface area contributed by atoms with Gasteiger partial charge in [0.05, 0.1) is 17.6 Å². The van der Waals surface area contributed by atoms with Crippen LogP contribution in [0.1, 0.15) is 17.3 Å². The Labute approximate surface area is 150 Å². The van der Waals surface area contributed by atoms with Crippen LogP contribution in [0.25, 0.3) is 22.2 Å². The van der Waals surface area contributed by atoms with Gasteiger partial charge in [-0.05, 0) is 31.2 Å². The van der Waals surface area contributed by atoms with E-state index >= 15 is 0 Å². The number of hydrogen-bond donors (Lipinski definition) is 0. The molecule has 0 saturated heterocycles. The van der Waals surface area contributed by atoms with Gasteiger partial charge in [0.15, 0.2) is 0 Å². The number of nitrogens with zero attached hydrogens (tertiary/aromatic N) is 4. The number of aryl methyl sites for hydroxylation is 1. The van der Waals surface area contributed by atoms with E-state index in [4.69, 9.17) is 16.6 Å². The lowest BCUT2D eigenvalue weighted by molar-refractivity contribution is 0.887. The second-order valence-electron chi connectivity index (χ2n) is 5.81. The Balaban J connectivity index is 1.88. The minimum absolute atomic E-state index is 0.486. The van der Waals surface area contributed by atoms with Gasteiger partial charge in [0.2, 0.25) is 0 Å². The van der Waals surface area contributed by atoms with Crippen LogP contribution in [0.15, 0.2) is 60.8 Å². The van der Waals surface area contributed by atoms with Crippen molar-refractivity contribution >= 4 is 22.5 Å². The SMILES string of the molecule is Cc1ccnc(Cc2nc(-c3ccccc3)c3cc(Cl)ccc3n2)n1. The molecule has 0 bridgehead atoms. The average Bonchev–Trinajstić information content (AvgIpc) is 2.62. The van der Waals surface area contributed by atoms with Gasteiger partial charge in [-0.1, -0.05) is 41.9 Å². The lowest BCUT2D eigenvalue weighted by Crippen LogP contribution is -2.03. The summed E-state index contributed by atoms with van der Waals surface area (Å²) in [5.41, 5.74) is 3.70. The molecule has 0 amide bonds. The van der Waals surface area contributed by atoms with Crippen LogP contribution in [-0.2, 0) is 6.42 Å². The molecule has 122 valence electrons. The van der Waals surface area contributed by atoms with Crippen LogP contribution < -0.4 is 0 Å². The number of fused-ring (bicyclic) bond motifs is 1. The van der Waals surface area contributed by atoms with Crippen molar-refractivity contribution in [3.05, 3.63) is 83.2 Å². The molecule has 25 heavy (non-hydrogen) atoms. The zero-order valence-electron chi connectivity index (χ0n) is 13.6. The van der Waals surface area contributed by atoms with Crippen LogP contribution in [0.5, 0.6) is 0 Å². The third kappa shape index (κ3) is 3.35. The van der Waals surface area contributed by atoms with Crippen LogP contribution in [0.4, 0.5) is 0 Å². The third-order valence-electron chi connectivity index (χ3n) is 3.91. The predicted octanol–water partition coefficient (Wildman–Crippen LogP) is 4.64. The van der Waals surface area contributed by atoms with E-state index in [1.165, 1.54) is 0 Å². The van der Waals surface area contributed by atoms with Crippen molar-refractivity contribution in [3.63, 3.8) is 0 Å². The fraction of sp³-hybridized carbons (Fsp3) is 0.100. The molecule has 5 heteroatoms. The maximum atomic E-state index is 6.19. The molecular weight excluding hydrogens is 332 g/mol. The topological polar surface area (TPSA) is 51.6 Å². The van der Waals surface area contributed by atoms with Gasteiger partial charge in [0, 0.05) is 27.9 Å². The van der Waals surface area contributed by atoms with Gasteiger partial charge < -0.3 is 0 Å². The van der Waals surface area contributed by atoms with E-state index in [9.17, 15) is 0 Å².